The molecule has 0 aliphatic heterocycles. The van der Waals surface area contributed by atoms with Crippen molar-refractivity contribution in [2.75, 3.05) is 5.73 Å². The molecule has 0 saturated heterocycles. The van der Waals surface area contributed by atoms with Crippen LogP contribution in [-0.2, 0) is 21.3 Å². The van der Waals surface area contributed by atoms with Crippen molar-refractivity contribution in [3.8, 4) is 0 Å². The van der Waals surface area contributed by atoms with Gasteiger partial charge in [-0.2, -0.15) is 8.42 Å². The molecule has 6 heteroatoms. The van der Waals surface area contributed by atoms with E-state index in [9.17, 15) is 13.2 Å². The van der Waals surface area contributed by atoms with Crippen LogP contribution in [0.15, 0.2) is 24.3 Å². The fourth-order valence-electron chi connectivity index (χ4n) is 0.893. The van der Waals surface area contributed by atoms with Crippen molar-refractivity contribution in [3.05, 3.63) is 29.8 Å². The summed E-state index contributed by atoms with van der Waals surface area (Å²) in [6.07, 6.45) is -0.348. The minimum atomic E-state index is -4.58. The van der Waals surface area contributed by atoms with Crippen molar-refractivity contribution < 1.29 is 17.8 Å². The molecule has 0 aromatic heterocycles. The molecule has 0 fully saturated rings. The Balaban J connectivity index is 2.81. The number of carbonyl (C=O) groups is 1. The van der Waals surface area contributed by atoms with Crippen LogP contribution in [0.4, 0.5) is 5.69 Å². The first-order valence-corrected chi connectivity index (χ1v) is 5.18. The van der Waals surface area contributed by atoms with Crippen LogP contribution < -0.4 is 5.73 Å². The molecule has 0 spiro atoms. The predicted molar refractivity (Wildman–Crippen MR) is 51.1 cm³/mol. The number of rotatable bonds is 2. The number of hydrogen-bond acceptors (Lipinski definition) is 4. The minimum Gasteiger partial charge on any atom is -0.399 e. The topological polar surface area (TPSA) is 97.5 Å². The Morgan fingerprint density at radius 3 is 2.21 bits per heavy atom. The first-order chi connectivity index (χ1) is 6.39. The van der Waals surface area contributed by atoms with Crippen LogP contribution in [0.3, 0.4) is 0 Å². The normalized spacial score (nSPS) is 11.2. The summed E-state index contributed by atoms with van der Waals surface area (Å²) >= 11 is 0. The van der Waals surface area contributed by atoms with Gasteiger partial charge < -0.3 is 5.73 Å². The Morgan fingerprint density at radius 2 is 1.79 bits per heavy atom. The first kappa shape index (κ1) is 10.7. The predicted octanol–water partition coefficient (Wildman–Crippen LogP) is 0.226. The molecular weight excluding hydrogens is 206 g/mol. The molecule has 0 radical (unpaired) electrons. The lowest BCUT2D eigenvalue weighted by atomic mass is 10.1. The molecule has 0 saturated carbocycles. The Labute approximate surface area is 81.3 Å². The maximum Gasteiger partial charge on any atom is 0.329 e. The van der Waals surface area contributed by atoms with Gasteiger partial charge in [-0.25, -0.2) is 0 Å². The summed E-state index contributed by atoms with van der Waals surface area (Å²) in [4.78, 5) is 10.8. The molecule has 3 N–H and O–H groups in total. The van der Waals surface area contributed by atoms with Gasteiger partial charge in [0, 0.05) is 12.1 Å². The smallest absolute Gasteiger partial charge is 0.329 e. The van der Waals surface area contributed by atoms with Crippen molar-refractivity contribution in [3.63, 3.8) is 0 Å². The molecular formula is C8H9NO4S. The van der Waals surface area contributed by atoms with E-state index in [2.05, 4.69) is 0 Å². The highest BCUT2D eigenvalue weighted by atomic mass is 32.2. The maximum absolute atomic E-state index is 10.8. The Bertz CT molecular complexity index is 435. The van der Waals surface area contributed by atoms with Gasteiger partial charge in [0.05, 0.1) is 0 Å². The second-order valence-corrected chi connectivity index (χ2v) is 4.17. The molecule has 0 bridgehead atoms. The molecule has 0 atom stereocenters. The molecule has 0 heterocycles. The standard InChI is InChI=1S/C8H9NO4S/c9-7-3-1-6(2-4-7)5-8(10)14(11,12)13/h1-4H,5,9H2,(H,11,12,13). The monoisotopic (exact) mass is 215 g/mol. The van der Waals surface area contributed by atoms with E-state index in [4.69, 9.17) is 10.3 Å². The van der Waals surface area contributed by atoms with E-state index < -0.39 is 15.2 Å². The van der Waals surface area contributed by atoms with Crippen molar-refractivity contribution in [2.24, 2.45) is 0 Å². The maximum atomic E-state index is 10.8. The van der Waals surface area contributed by atoms with Crippen LogP contribution in [0.2, 0.25) is 0 Å². The Hall–Kier alpha value is -1.40. The summed E-state index contributed by atoms with van der Waals surface area (Å²) in [7, 11) is -4.58. The quantitative estimate of drug-likeness (QED) is 0.543. The number of hydrogen-bond donors (Lipinski definition) is 2. The van der Waals surface area contributed by atoms with Crippen LogP contribution in [0.1, 0.15) is 5.56 Å². The second kappa shape index (κ2) is 3.77. The fraction of sp³-hybridized carbons (Fsp3) is 0.125. The highest BCUT2D eigenvalue weighted by Gasteiger charge is 2.18. The SMILES string of the molecule is Nc1ccc(CC(=O)S(=O)(=O)O)cc1. The van der Waals surface area contributed by atoms with Crippen LogP contribution in [0.5, 0.6) is 0 Å². The van der Waals surface area contributed by atoms with Gasteiger partial charge in [-0.3, -0.25) is 9.35 Å². The minimum absolute atomic E-state index is 0.348. The molecule has 5 nitrogen and oxygen atoms in total. The van der Waals surface area contributed by atoms with E-state index in [1.54, 1.807) is 12.1 Å². The lowest BCUT2D eigenvalue weighted by Gasteiger charge is -1.98. The average molecular weight is 215 g/mol. The van der Waals surface area contributed by atoms with Gasteiger partial charge in [-0.15, -0.1) is 0 Å². The van der Waals surface area contributed by atoms with Gasteiger partial charge in [-0.1, -0.05) is 12.1 Å². The van der Waals surface area contributed by atoms with Gasteiger partial charge in [-0.05, 0) is 17.7 Å². The number of benzene rings is 1. The molecule has 0 aliphatic carbocycles. The highest BCUT2D eigenvalue weighted by Crippen LogP contribution is 2.07. The summed E-state index contributed by atoms with van der Waals surface area (Å²) in [6.45, 7) is 0. The molecule has 76 valence electrons. The van der Waals surface area contributed by atoms with Crippen molar-refractivity contribution >= 4 is 20.9 Å². The molecule has 0 amide bonds. The third-order valence-electron chi connectivity index (χ3n) is 1.62. The zero-order valence-corrected chi connectivity index (χ0v) is 7.99. The van der Waals surface area contributed by atoms with Crippen LogP contribution in [0, 0.1) is 0 Å². The van der Waals surface area contributed by atoms with Gasteiger partial charge in [0.2, 0.25) is 0 Å². The zero-order chi connectivity index (χ0) is 10.8. The van der Waals surface area contributed by atoms with E-state index >= 15 is 0 Å². The fourth-order valence-corrected chi connectivity index (χ4v) is 1.24. The molecule has 0 unspecified atom stereocenters. The third kappa shape index (κ3) is 2.82. The van der Waals surface area contributed by atoms with E-state index in [1.807, 2.05) is 0 Å². The first-order valence-electron chi connectivity index (χ1n) is 3.74. The lowest BCUT2D eigenvalue weighted by molar-refractivity contribution is -0.111. The molecule has 1 rings (SSSR count). The summed E-state index contributed by atoms with van der Waals surface area (Å²) < 4.78 is 29.2. The molecule has 1 aromatic rings. The van der Waals surface area contributed by atoms with E-state index in [0.717, 1.165) is 0 Å². The van der Waals surface area contributed by atoms with Crippen LogP contribution in [-0.4, -0.2) is 18.1 Å². The molecule has 14 heavy (non-hydrogen) atoms. The van der Waals surface area contributed by atoms with Crippen LogP contribution >= 0.6 is 0 Å². The number of nitrogen functional groups attached to an aromatic ring is 1. The zero-order valence-electron chi connectivity index (χ0n) is 7.17. The summed E-state index contributed by atoms with van der Waals surface area (Å²) in [5, 5.41) is -1.22. The Morgan fingerprint density at radius 1 is 1.29 bits per heavy atom. The van der Waals surface area contributed by atoms with Crippen molar-refractivity contribution in [2.45, 2.75) is 6.42 Å². The number of carbonyl (C=O) groups excluding carboxylic acids is 1. The lowest BCUT2D eigenvalue weighted by Crippen LogP contribution is -2.15. The summed E-state index contributed by atoms with van der Waals surface area (Å²) in [5.41, 5.74) is 6.40. The summed E-state index contributed by atoms with van der Waals surface area (Å²) in [6, 6.07) is 6.15. The number of nitrogens with two attached hydrogens (primary N) is 1. The van der Waals surface area contributed by atoms with Gasteiger partial charge in [0.25, 0.3) is 5.12 Å². The average Bonchev–Trinajstić information content (AvgIpc) is 2.07. The van der Waals surface area contributed by atoms with E-state index in [-0.39, 0.29) is 6.42 Å². The second-order valence-electron chi connectivity index (χ2n) is 2.77. The van der Waals surface area contributed by atoms with Gasteiger partial charge >= 0.3 is 10.1 Å². The van der Waals surface area contributed by atoms with E-state index in [1.165, 1.54) is 12.1 Å². The largest absolute Gasteiger partial charge is 0.399 e. The van der Waals surface area contributed by atoms with E-state index in [0.29, 0.717) is 11.3 Å². The van der Waals surface area contributed by atoms with Gasteiger partial charge in [0.15, 0.2) is 0 Å². The van der Waals surface area contributed by atoms with Crippen LogP contribution in [0.25, 0.3) is 0 Å². The Kier molecular flexibility index (Phi) is 2.87. The van der Waals surface area contributed by atoms with Crippen molar-refractivity contribution in [1.29, 1.82) is 0 Å². The third-order valence-corrected chi connectivity index (χ3v) is 2.34. The number of anilines is 1. The van der Waals surface area contributed by atoms with Gasteiger partial charge in [0.1, 0.15) is 0 Å². The molecule has 1 aromatic carbocycles. The molecule has 0 aliphatic rings. The van der Waals surface area contributed by atoms with Crippen molar-refractivity contribution in [1.82, 2.24) is 0 Å². The highest BCUT2D eigenvalue weighted by molar-refractivity contribution is 8.01. The summed E-state index contributed by atoms with van der Waals surface area (Å²) in [5.74, 6) is 0.